The largest absolute Gasteiger partial charge is 0.367 e. The molecule has 0 fully saturated rings. The van der Waals surface area contributed by atoms with E-state index in [1.807, 2.05) is 6.20 Å². The van der Waals surface area contributed by atoms with Gasteiger partial charge in [-0.3, -0.25) is 0 Å². The van der Waals surface area contributed by atoms with Gasteiger partial charge in [-0.15, -0.1) is 0 Å². The van der Waals surface area contributed by atoms with Crippen LogP contribution in [0.15, 0.2) is 6.20 Å². The average Bonchev–Trinajstić information content (AvgIpc) is 2.29. The average molecular weight is 236 g/mol. The van der Waals surface area contributed by atoms with Crippen LogP contribution in [0.5, 0.6) is 0 Å². The van der Waals surface area contributed by atoms with Gasteiger partial charge < -0.3 is 10.6 Å². The number of aromatic nitrogens is 2. The molecule has 0 aliphatic carbocycles. The monoisotopic (exact) mass is 236 g/mol. The molecule has 1 aromatic rings. The third-order valence-corrected chi connectivity index (χ3v) is 2.85. The summed E-state index contributed by atoms with van der Waals surface area (Å²) in [6.07, 6.45) is 1.91. The molecule has 1 rings (SSSR count). The molecule has 0 aliphatic rings. The number of anilines is 1. The van der Waals surface area contributed by atoms with Gasteiger partial charge in [0.25, 0.3) is 0 Å². The van der Waals surface area contributed by atoms with Crippen molar-refractivity contribution in [3.05, 3.63) is 17.7 Å². The lowest BCUT2D eigenvalue weighted by Crippen LogP contribution is -2.32. The third kappa shape index (κ3) is 3.16. The molecule has 0 aliphatic heterocycles. The molecular formula is C13H24N4. The predicted octanol–water partition coefficient (Wildman–Crippen LogP) is 2.29. The molecule has 4 heteroatoms. The maximum atomic E-state index is 5.80. The molecule has 4 nitrogen and oxygen atoms in total. The van der Waals surface area contributed by atoms with Crippen molar-refractivity contribution in [2.45, 2.75) is 53.1 Å². The van der Waals surface area contributed by atoms with Crippen molar-refractivity contribution in [3.8, 4) is 0 Å². The second-order valence-electron chi connectivity index (χ2n) is 4.80. The van der Waals surface area contributed by atoms with Crippen molar-refractivity contribution >= 4 is 5.69 Å². The van der Waals surface area contributed by atoms with E-state index in [-0.39, 0.29) is 0 Å². The van der Waals surface area contributed by atoms with Crippen LogP contribution in [0.25, 0.3) is 0 Å². The van der Waals surface area contributed by atoms with Gasteiger partial charge >= 0.3 is 0 Å². The molecule has 17 heavy (non-hydrogen) atoms. The Balaban J connectivity index is 3.15. The molecule has 0 saturated carbocycles. The molecule has 0 unspecified atom stereocenters. The van der Waals surface area contributed by atoms with E-state index in [1.54, 1.807) is 0 Å². The molecular weight excluding hydrogens is 212 g/mol. The smallest absolute Gasteiger partial charge is 0.131 e. The van der Waals surface area contributed by atoms with Crippen LogP contribution in [0.2, 0.25) is 0 Å². The minimum absolute atomic E-state index is 0.337. The van der Waals surface area contributed by atoms with Crippen LogP contribution in [0.3, 0.4) is 0 Å². The van der Waals surface area contributed by atoms with Crippen molar-refractivity contribution in [1.82, 2.24) is 9.97 Å². The van der Waals surface area contributed by atoms with Gasteiger partial charge in [0.1, 0.15) is 5.82 Å². The van der Waals surface area contributed by atoms with Crippen molar-refractivity contribution in [3.63, 3.8) is 0 Å². The fourth-order valence-electron chi connectivity index (χ4n) is 1.91. The molecule has 0 atom stereocenters. The van der Waals surface area contributed by atoms with Crippen LogP contribution in [-0.4, -0.2) is 22.6 Å². The minimum atomic E-state index is 0.337. The van der Waals surface area contributed by atoms with Crippen molar-refractivity contribution < 1.29 is 0 Å². The summed E-state index contributed by atoms with van der Waals surface area (Å²) in [5.74, 6) is 1.21. The van der Waals surface area contributed by atoms with Gasteiger partial charge in [0, 0.05) is 25.0 Å². The molecule has 0 bridgehead atoms. The Hall–Kier alpha value is -1.16. The Bertz CT molecular complexity index is 360. The first-order chi connectivity index (χ1) is 8.01. The van der Waals surface area contributed by atoms with Gasteiger partial charge in [-0.2, -0.15) is 0 Å². The molecule has 1 aromatic heterocycles. The van der Waals surface area contributed by atoms with E-state index < -0.39 is 0 Å². The molecule has 0 amide bonds. The van der Waals surface area contributed by atoms with Crippen LogP contribution < -0.4 is 10.6 Å². The van der Waals surface area contributed by atoms with E-state index >= 15 is 0 Å². The van der Waals surface area contributed by atoms with E-state index in [0.717, 1.165) is 23.8 Å². The van der Waals surface area contributed by atoms with Gasteiger partial charge in [0.05, 0.1) is 17.6 Å². The SMILES string of the molecule is CCN(c1cnc(C(C)C)nc1CN)C(C)C. The van der Waals surface area contributed by atoms with E-state index in [1.165, 1.54) is 0 Å². The first kappa shape index (κ1) is 13.9. The van der Waals surface area contributed by atoms with Crippen LogP contribution in [0.1, 0.15) is 52.1 Å². The fraction of sp³-hybridized carbons (Fsp3) is 0.692. The predicted molar refractivity (Wildman–Crippen MR) is 72.2 cm³/mol. The van der Waals surface area contributed by atoms with Gasteiger partial charge in [-0.05, 0) is 20.8 Å². The van der Waals surface area contributed by atoms with E-state index in [9.17, 15) is 0 Å². The number of hydrogen-bond donors (Lipinski definition) is 1. The summed E-state index contributed by atoms with van der Waals surface area (Å²) in [5, 5.41) is 0. The summed E-state index contributed by atoms with van der Waals surface area (Å²) in [6, 6.07) is 0.429. The van der Waals surface area contributed by atoms with Crippen LogP contribution >= 0.6 is 0 Å². The summed E-state index contributed by atoms with van der Waals surface area (Å²) < 4.78 is 0. The van der Waals surface area contributed by atoms with E-state index in [0.29, 0.717) is 18.5 Å². The second kappa shape index (κ2) is 5.96. The third-order valence-electron chi connectivity index (χ3n) is 2.85. The van der Waals surface area contributed by atoms with Gasteiger partial charge in [-0.1, -0.05) is 13.8 Å². The first-order valence-electron chi connectivity index (χ1n) is 6.33. The molecule has 96 valence electrons. The Morgan fingerprint density at radius 1 is 1.29 bits per heavy atom. The summed E-state index contributed by atoms with van der Waals surface area (Å²) in [7, 11) is 0. The molecule has 0 spiro atoms. The molecule has 2 N–H and O–H groups in total. The molecule has 1 heterocycles. The Labute approximate surface area is 104 Å². The zero-order valence-corrected chi connectivity index (χ0v) is 11.6. The standard InChI is InChI=1S/C13H24N4/c1-6-17(10(4)5)12-8-15-13(9(2)3)16-11(12)7-14/h8-10H,6-7,14H2,1-5H3. The quantitative estimate of drug-likeness (QED) is 0.852. The number of hydrogen-bond acceptors (Lipinski definition) is 4. The zero-order chi connectivity index (χ0) is 13.0. The highest BCUT2D eigenvalue weighted by molar-refractivity contribution is 5.49. The lowest BCUT2D eigenvalue weighted by atomic mass is 10.2. The minimum Gasteiger partial charge on any atom is -0.367 e. The Morgan fingerprint density at radius 2 is 1.94 bits per heavy atom. The summed E-state index contributed by atoms with van der Waals surface area (Å²) in [5.41, 5.74) is 7.80. The molecule has 0 aromatic carbocycles. The summed E-state index contributed by atoms with van der Waals surface area (Å²) in [4.78, 5) is 11.3. The van der Waals surface area contributed by atoms with Crippen molar-refractivity contribution in [2.75, 3.05) is 11.4 Å². The fourth-order valence-corrected chi connectivity index (χ4v) is 1.91. The Morgan fingerprint density at radius 3 is 2.35 bits per heavy atom. The summed E-state index contributed by atoms with van der Waals surface area (Å²) >= 11 is 0. The lowest BCUT2D eigenvalue weighted by Gasteiger charge is -2.28. The zero-order valence-electron chi connectivity index (χ0n) is 11.6. The number of nitrogens with zero attached hydrogens (tertiary/aromatic N) is 3. The van der Waals surface area contributed by atoms with Gasteiger partial charge in [0.15, 0.2) is 0 Å². The highest BCUT2D eigenvalue weighted by Crippen LogP contribution is 2.21. The molecule has 0 saturated heterocycles. The maximum absolute atomic E-state index is 5.80. The van der Waals surface area contributed by atoms with Crippen LogP contribution in [0, 0.1) is 0 Å². The van der Waals surface area contributed by atoms with Gasteiger partial charge in [-0.25, -0.2) is 9.97 Å². The molecule has 0 radical (unpaired) electrons. The van der Waals surface area contributed by atoms with E-state index in [4.69, 9.17) is 5.73 Å². The highest BCUT2D eigenvalue weighted by atomic mass is 15.2. The summed E-state index contributed by atoms with van der Waals surface area (Å²) in [6.45, 7) is 12.1. The maximum Gasteiger partial charge on any atom is 0.131 e. The second-order valence-corrected chi connectivity index (χ2v) is 4.80. The van der Waals surface area contributed by atoms with E-state index in [2.05, 4.69) is 49.5 Å². The Kier molecular flexibility index (Phi) is 4.87. The highest BCUT2D eigenvalue weighted by Gasteiger charge is 2.15. The lowest BCUT2D eigenvalue weighted by molar-refractivity contribution is 0.683. The van der Waals surface area contributed by atoms with Crippen molar-refractivity contribution in [2.24, 2.45) is 5.73 Å². The first-order valence-corrected chi connectivity index (χ1v) is 6.33. The van der Waals surface area contributed by atoms with Gasteiger partial charge in [0.2, 0.25) is 0 Å². The number of rotatable bonds is 5. The normalized spacial score (nSPS) is 11.3. The van der Waals surface area contributed by atoms with Crippen LogP contribution in [-0.2, 0) is 6.54 Å². The van der Waals surface area contributed by atoms with Crippen molar-refractivity contribution in [1.29, 1.82) is 0 Å². The topological polar surface area (TPSA) is 55.0 Å². The number of nitrogens with two attached hydrogens (primary N) is 1. The van der Waals surface area contributed by atoms with Crippen LogP contribution in [0.4, 0.5) is 5.69 Å².